The fourth-order valence-corrected chi connectivity index (χ4v) is 1.88. The van der Waals surface area contributed by atoms with Crippen LogP contribution in [0.25, 0.3) is 0 Å². The number of benzene rings is 1. The second kappa shape index (κ2) is 5.98. The molecule has 0 aromatic heterocycles. The molecule has 0 spiro atoms. The monoisotopic (exact) mass is 272 g/mol. The maximum absolute atomic E-state index is 12.1. The molecule has 0 aliphatic heterocycles. The van der Waals surface area contributed by atoms with Crippen LogP contribution in [0.3, 0.4) is 0 Å². The van der Waals surface area contributed by atoms with Gasteiger partial charge in [0.1, 0.15) is 5.75 Å². The first-order chi connectivity index (χ1) is 9.58. The lowest BCUT2D eigenvalue weighted by atomic mass is 10.1. The van der Waals surface area contributed by atoms with Gasteiger partial charge in [-0.15, -0.1) is 0 Å². The summed E-state index contributed by atoms with van der Waals surface area (Å²) < 4.78 is 5.23. The molecule has 0 heterocycles. The van der Waals surface area contributed by atoms with E-state index in [2.05, 4.69) is 24.1 Å². The van der Waals surface area contributed by atoms with Crippen LogP contribution in [0, 0.1) is 17.3 Å². The molecule has 1 saturated carbocycles. The van der Waals surface area contributed by atoms with Gasteiger partial charge in [-0.3, -0.25) is 4.79 Å². The van der Waals surface area contributed by atoms with Crippen LogP contribution in [0.15, 0.2) is 18.2 Å². The van der Waals surface area contributed by atoms with E-state index in [1.807, 2.05) is 0 Å². The van der Waals surface area contributed by atoms with Gasteiger partial charge in [0.25, 0.3) is 5.91 Å². The van der Waals surface area contributed by atoms with E-state index < -0.39 is 0 Å². The summed E-state index contributed by atoms with van der Waals surface area (Å²) in [7, 11) is 1.58. The number of hydrogen-bond donors (Lipinski definition) is 2. The lowest BCUT2D eigenvalue weighted by molar-refractivity contribution is 0.0946. The van der Waals surface area contributed by atoms with Crippen molar-refractivity contribution in [3.63, 3.8) is 0 Å². The summed E-state index contributed by atoms with van der Waals surface area (Å²) in [6.07, 6.45) is 2.37. The first-order valence-corrected chi connectivity index (χ1v) is 6.73. The molecule has 1 aliphatic rings. The second-order valence-corrected chi connectivity index (χ2v) is 5.41. The summed E-state index contributed by atoms with van der Waals surface area (Å²) in [6, 6.07) is 5.25. The van der Waals surface area contributed by atoms with Crippen LogP contribution in [-0.4, -0.2) is 26.1 Å². The maximum atomic E-state index is 12.1. The van der Waals surface area contributed by atoms with Crippen molar-refractivity contribution < 1.29 is 9.53 Å². The highest BCUT2D eigenvalue weighted by atomic mass is 16.5. The number of amides is 1. The summed E-state index contributed by atoms with van der Waals surface area (Å²) in [4.78, 5) is 12.1. The van der Waals surface area contributed by atoms with Crippen molar-refractivity contribution in [1.29, 1.82) is 0 Å². The number of carbonyl (C=O) groups is 1. The van der Waals surface area contributed by atoms with E-state index in [1.165, 1.54) is 12.8 Å². The third kappa shape index (κ3) is 3.52. The van der Waals surface area contributed by atoms with E-state index in [0.717, 1.165) is 6.54 Å². The molecule has 1 aromatic rings. The number of methoxy groups -OCH3 is 1. The molecule has 2 rings (SSSR count). The summed E-state index contributed by atoms with van der Waals surface area (Å²) in [6.45, 7) is 3.18. The highest BCUT2D eigenvalue weighted by Gasteiger charge is 2.37. The van der Waals surface area contributed by atoms with Crippen molar-refractivity contribution in [3.8, 4) is 17.6 Å². The van der Waals surface area contributed by atoms with Crippen molar-refractivity contribution in [2.45, 2.75) is 19.8 Å². The highest BCUT2D eigenvalue weighted by Crippen LogP contribution is 2.44. The van der Waals surface area contributed by atoms with E-state index in [1.54, 1.807) is 25.3 Å². The number of nitrogens with one attached hydrogen (secondary N) is 1. The molecule has 1 fully saturated rings. The van der Waals surface area contributed by atoms with Gasteiger partial charge in [-0.25, -0.2) is 0 Å². The molecule has 0 bridgehead atoms. The Labute approximate surface area is 119 Å². The Morgan fingerprint density at radius 2 is 2.25 bits per heavy atom. The first kappa shape index (κ1) is 14.4. The summed E-state index contributed by atoms with van der Waals surface area (Å²) in [5, 5.41) is 2.97. The summed E-state index contributed by atoms with van der Waals surface area (Å²) in [5.74, 6) is 6.28. The molecule has 106 valence electrons. The zero-order chi connectivity index (χ0) is 14.6. The molecule has 0 saturated heterocycles. The Morgan fingerprint density at radius 3 is 2.85 bits per heavy atom. The summed E-state index contributed by atoms with van der Waals surface area (Å²) in [5.41, 5.74) is 6.95. The number of rotatable bonds is 4. The fraction of sp³-hybridized carbons (Fsp3) is 0.438. The topological polar surface area (TPSA) is 64.3 Å². The van der Waals surface area contributed by atoms with Crippen molar-refractivity contribution in [3.05, 3.63) is 29.3 Å². The quantitative estimate of drug-likeness (QED) is 0.817. The van der Waals surface area contributed by atoms with E-state index in [4.69, 9.17) is 10.5 Å². The van der Waals surface area contributed by atoms with Crippen molar-refractivity contribution in [2.75, 3.05) is 20.2 Å². The smallest absolute Gasteiger partial charge is 0.251 e. The fourth-order valence-electron chi connectivity index (χ4n) is 1.88. The zero-order valence-electron chi connectivity index (χ0n) is 12.0. The normalized spacial score (nSPS) is 14.9. The van der Waals surface area contributed by atoms with Crippen LogP contribution in [0.5, 0.6) is 5.75 Å². The van der Waals surface area contributed by atoms with Gasteiger partial charge in [-0.05, 0) is 36.5 Å². The Hall–Kier alpha value is -1.99. The molecule has 0 unspecified atom stereocenters. The first-order valence-electron chi connectivity index (χ1n) is 6.73. The van der Waals surface area contributed by atoms with Crippen LogP contribution >= 0.6 is 0 Å². The Morgan fingerprint density at radius 1 is 1.50 bits per heavy atom. The molecule has 1 amide bonds. The third-order valence-electron chi connectivity index (χ3n) is 3.57. The largest absolute Gasteiger partial charge is 0.495 e. The number of hydrogen-bond acceptors (Lipinski definition) is 3. The SMILES string of the molecule is COc1ccc(C(=O)NCC2(C)CC2)cc1C#CCN. The standard InChI is InChI=1S/C16H20N2O2/c1-16(7-8-16)11-18-15(19)13-5-6-14(20-2)12(10-13)4-3-9-17/h5-6,10H,7-9,11,17H2,1-2H3,(H,18,19). The van der Waals surface area contributed by atoms with Crippen LogP contribution in [0.4, 0.5) is 0 Å². The van der Waals surface area contributed by atoms with Crippen molar-refractivity contribution in [2.24, 2.45) is 11.1 Å². The minimum absolute atomic E-state index is 0.0726. The van der Waals surface area contributed by atoms with E-state index in [0.29, 0.717) is 22.3 Å². The number of nitrogens with two attached hydrogens (primary N) is 1. The second-order valence-electron chi connectivity index (χ2n) is 5.41. The predicted octanol–water partition coefficient (Wildman–Crippen LogP) is 1.54. The molecule has 3 N–H and O–H groups in total. The lowest BCUT2D eigenvalue weighted by Crippen LogP contribution is -2.29. The zero-order valence-corrected chi connectivity index (χ0v) is 12.0. The predicted molar refractivity (Wildman–Crippen MR) is 78.6 cm³/mol. The molecule has 1 aromatic carbocycles. The maximum Gasteiger partial charge on any atom is 0.251 e. The van der Waals surface area contributed by atoms with Gasteiger partial charge >= 0.3 is 0 Å². The van der Waals surface area contributed by atoms with Gasteiger partial charge in [-0.1, -0.05) is 18.8 Å². The minimum Gasteiger partial charge on any atom is -0.495 e. The van der Waals surface area contributed by atoms with Gasteiger partial charge in [-0.2, -0.15) is 0 Å². The van der Waals surface area contributed by atoms with E-state index in [-0.39, 0.29) is 12.5 Å². The van der Waals surface area contributed by atoms with Crippen LogP contribution in [-0.2, 0) is 0 Å². The third-order valence-corrected chi connectivity index (χ3v) is 3.57. The Kier molecular flexibility index (Phi) is 4.31. The van der Waals surface area contributed by atoms with Gasteiger partial charge in [0.15, 0.2) is 0 Å². The van der Waals surface area contributed by atoms with Crippen molar-refractivity contribution in [1.82, 2.24) is 5.32 Å². The molecular weight excluding hydrogens is 252 g/mol. The van der Waals surface area contributed by atoms with Crippen LogP contribution in [0.1, 0.15) is 35.7 Å². The molecule has 0 radical (unpaired) electrons. The van der Waals surface area contributed by atoms with Crippen molar-refractivity contribution >= 4 is 5.91 Å². The van der Waals surface area contributed by atoms with Gasteiger partial charge in [0.2, 0.25) is 0 Å². The average molecular weight is 272 g/mol. The van der Waals surface area contributed by atoms with Gasteiger partial charge in [0.05, 0.1) is 19.2 Å². The molecule has 4 nitrogen and oxygen atoms in total. The highest BCUT2D eigenvalue weighted by molar-refractivity contribution is 5.94. The lowest BCUT2D eigenvalue weighted by Gasteiger charge is -2.11. The average Bonchev–Trinajstić information content (AvgIpc) is 3.20. The molecule has 1 aliphatic carbocycles. The van der Waals surface area contributed by atoms with E-state index in [9.17, 15) is 4.79 Å². The number of ether oxygens (including phenoxy) is 1. The number of carbonyl (C=O) groups excluding carboxylic acids is 1. The minimum atomic E-state index is -0.0726. The Balaban J connectivity index is 2.12. The van der Waals surface area contributed by atoms with Crippen LogP contribution < -0.4 is 15.8 Å². The Bertz CT molecular complexity index is 566. The van der Waals surface area contributed by atoms with Gasteiger partial charge < -0.3 is 15.8 Å². The van der Waals surface area contributed by atoms with Gasteiger partial charge in [0, 0.05) is 12.1 Å². The molecule has 0 atom stereocenters. The molecule has 4 heteroatoms. The molecular formula is C16H20N2O2. The summed E-state index contributed by atoms with van der Waals surface area (Å²) >= 11 is 0. The van der Waals surface area contributed by atoms with E-state index >= 15 is 0 Å². The molecule has 20 heavy (non-hydrogen) atoms. The van der Waals surface area contributed by atoms with Crippen LogP contribution in [0.2, 0.25) is 0 Å².